The minimum atomic E-state index is 0.219. The molecular weight excluding hydrogens is 216 g/mol. The molecule has 0 saturated carbocycles. The monoisotopic (exact) mass is 238 g/mol. The molecule has 1 unspecified atom stereocenters. The topological polar surface area (TPSA) is 49.2 Å². The number of aliphatic imine (C=N–C) groups is 2. The van der Waals surface area contributed by atoms with Gasteiger partial charge in [-0.25, -0.2) is 4.99 Å². The average molecular weight is 238 g/mol. The third-order valence-electron chi connectivity index (χ3n) is 2.95. The molecule has 2 heterocycles. The lowest BCUT2D eigenvalue weighted by Gasteiger charge is -2.33. The van der Waals surface area contributed by atoms with Crippen molar-refractivity contribution in [3.8, 4) is 0 Å². The van der Waals surface area contributed by atoms with Gasteiger partial charge in [0, 0.05) is 26.2 Å². The van der Waals surface area contributed by atoms with E-state index >= 15 is 0 Å². The molecule has 0 aromatic heterocycles. The summed E-state index contributed by atoms with van der Waals surface area (Å²) in [5.74, 6) is 1.37. The Kier molecular flexibility index (Phi) is 4.50. The molecular formula is C12H22N4O. The number of hydrogen-bond donors (Lipinski definition) is 1. The Labute approximate surface area is 103 Å². The second kappa shape index (κ2) is 6.12. The Hall–Kier alpha value is -0.940. The van der Waals surface area contributed by atoms with Crippen LogP contribution in [0.25, 0.3) is 0 Å². The molecule has 2 aliphatic heterocycles. The van der Waals surface area contributed by atoms with E-state index in [2.05, 4.69) is 34.0 Å². The van der Waals surface area contributed by atoms with Crippen molar-refractivity contribution in [1.29, 1.82) is 0 Å². The fourth-order valence-electron chi connectivity index (χ4n) is 2.00. The van der Waals surface area contributed by atoms with Gasteiger partial charge >= 0.3 is 0 Å². The zero-order valence-corrected chi connectivity index (χ0v) is 10.7. The number of rotatable bonds is 3. The van der Waals surface area contributed by atoms with Gasteiger partial charge in [0.15, 0.2) is 5.90 Å². The van der Waals surface area contributed by atoms with Crippen LogP contribution in [0.4, 0.5) is 0 Å². The van der Waals surface area contributed by atoms with E-state index in [1.165, 1.54) is 0 Å². The number of ether oxygens (including phenoxy) is 1. The Morgan fingerprint density at radius 3 is 2.94 bits per heavy atom. The molecule has 2 rings (SSSR count). The van der Waals surface area contributed by atoms with Crippen LogP contribution in [0, 0.1) is 5.92 Å². The Morgan fingerprint density at radius 1 is 1.47 bits per heavy atom. The second-order valence-corrected chi connectivity index (χ2v) is 4.96. The van der Waals surface area contributed by atoms with Gasteiger partial charge in [-0.3, -0.25) is 9.89 Å². The minimum Gasteiger partial charge on any atom is -0.480 e. The van der Waals surface area contributed by atoms with Crippen LogP contribution in [0.3, 0.4) is 0 Å². The van der Waals surface area contributed by atoms with E-state index in [4.69, 9.17) is 4.74 Å². The van der Waals surface area contributed by atoms with Crippen LogP contribution in [0.15, 0.2) is 9.98 Å². The van der Waals surface area contributed by atoms with Crippen molar-refractivity contribution in [1.82, 2.24) is 10.2 Å². The smallest absolute Gasteiger partial charge is 0.192 e. The SMILES string of the molecule is CC(C)COC1=NC=NC(N2CCNCC2)C1. The van der Waals surface area contributed by atoms with Crippen LogP contribution >= 0.6 is 0 Å². The minimum absolute atomic E-state index is 0.219. The zero-order valence-electron chi connectivity index (χ0n) is 10.7. The van der Waals surface area contributed by atoms with Crippen LogP contribution in [0.2, 0.25) is 0 Å². The van der Waals surface area contributed by atoms with Gasteiger partial charge in [-0.2, -0.15) is 0 Å². The van der Waals surface area contributed by atoms with Crippen molar-refractivity contribution >= 4 is 12.2 Å². The molecule has 0 bridgehead atoms. The maximum Gasteiger partial charge on any atom is 0.192 e. The first-order valence-corrected chi connectivity index (χ1v) is 6.41. The first-order valence-electron chi connectivity index (χ1n) is 6.41. The molecule has 1 saturated heterocycles. The summed E-state index contributed by atoms with van der Waals surface area (Å²) in [4.78, 5) is 11.0. The standard InChI is InChI=1S/C12H22N4O/c1-10(2)8-17-12-7-11(14-9-15-12)16-5-3-13-4-6-16/h9-11,13H,3-8H2,1-2H3. The van der Waals surface area contributed by atoms with Gasteiger partial charge in [0.1, 0.15) is 12.5 Å². The van der Waals surface area contributed by atoms with E-state index in [0.29, 0.717) is 5.92 Å². The van der Waals surface area contributed by atoms with Crippen LogP contribution in [0.5, 0.6) is 0 Å². The molecule has 0 aromatic rings. The van der Waals surface area contributed by atoms with Crippen molar-refractivity contribution in [3.05, 3.63) is 0 Å². The lowest BCUT2D eigenvalue weighted by atomic mass is 10.2. The second-order valence-electron chi connectivity index (χ2n) is 4.96. The van der Waals surface area contributed by atoms with Crippen molar-refractivity contribution in [3.63, 3.8) is 0 Å². The van der Waals surface area contributed by atoms with Gasteiger partial charge in [0.2, 0.25) is 0 Å². The third kappa shape index (κ3) is 3.78. The predicted octanol–water partition coefficient (Wildman–Crippen LogP) is 0.721. The van der Waals surface area contributed by atoms with Crippen molar-refractivity contribution in [2.24, 2.45) is 15.9 Å². The predicted molar refractivity (Wildman–Crippen MR) is 69.6 cm³/mol. The molecule has 96 valence electrons. The van der Waals surface area contributed by atoms with E-state index in [1.54, 1.807) is 6.34 Å². The van der Waals surface area contributed by atoms with Gasteiger partial charge in [0.25, 0.3) is 0 Å². The third-order valence-corrected chi connectivity index (χ3v) is 2.95. The molecule has 0 radical (unpaired) electrons. The summed E-state index contributed by atoms with van der Waals surface area (Å²) in [6, 6.07) is 0. The first kappa shape index (κ1) is 12.5. The van der Waals surface area contributed by atoms with Crippen LogP contribution < -0.4 is 5.32 Å². The summed E-state index contributed by atoms with van der Waals surface area (Å²) in [6.07, 6.45) is 2.67. The highest BCUT2D eigenvalue weighted by Gasteiger charge is 2.23. The lowest BCUT2D eigenvalue weighted by molar-refractivity contribution is 0.168. The molecule has 0 aliphatic carbocycles. The van der Waals surface area contributed by atoms with Gasteiger partial charge in [0.05, 0.1) is 13.0 Å². The van der Waals surface area contributed by atoms with Gasteiger partial charge < -0.3 is 10.1 Å². The van der Waals surface area contributed by atoms with Crippen LogP contribution in [-0.2, 0) is 4.74 Å². The van der Waals surface area contributed by atoms with Crippen molar-refractivity contribution in [2.75, 3.05) is 32.8 Å². The van der Waals surface area contributed by atoms with Crippen LogP contribution in [-0.4, -0.2) is 56.1 Å². The highest BCUT2D eigenvalue weighted by Crippen LogP contribution is 2.12. The molecule has 1 fully saturated rings. The Balaban J connectivity index is 1.83. The molecule has 17 heavy (non-hydrogen) atoms. The normalized spacial score (nSPS) is 26.1. The molecule has 2 aliphatic rings. The number of piperazine rings is 1. The van der Waals surface area contributed by atoms with E-state index in [1.807, 2.05) is 0 Å². The highest BCUT2D eigenvalue weighted by atomic mass is 16.5. The maximum atomic E-state index is 5.68. The number of nitrogens with zero attached hydrogens (tertiary/aromatic N) is 3. The van der Waals surface area contributed by atoms with Gasteiger partial charge in [-0.05, 0) is 5.92 Å². The zero-order chi connectivity index (χ0) is 12.1. The largest absolute Gasteiger partial charge is 0.480 e. The fraction of sp³-hybridized carbons (Fsp3) is 0.833. The molecule has 1 atom stereocenters. The van der Waals surface area contributed by atoms with E-state index in [9.17, 15) is 0 Å². The Morgan fingerprint density at radius 2 is 2.24 bits per heavy atom. The van der Waals surface area contributed by atoms with Crippen LogP contribution in [0.1, 0.15) is 20.3 Å². The van der Waals surface area contributed by atoms with E-state index in [-0.39, 0.29) is 6.17 Å². The molecule has 5 nitrogen and oxygen atoms in total. The summed E-state index contributed by atoms with van der Waals surface area (Å²) in [6.45, 7) is 9.23. The summed E-state index contributed by atoms with van der Waals surface area (Å²) in [7, 11) is 0. The first-order chi connectivity index (χ1) is 8.25. The summed E-state index contributed by atoms with van der Waals surface area (Å²) >= 11 is 0. The lowest BCUT2D eigenvalue weighted by Crippen LogP contribution is -2.49. The Bertz CT molecular complexity index is 295. The van der Waals surface area contributed by atoms with Crippen molar-refractivity contribution < 1.29 is 4.74 Å². The number of nitrogens with one attached hydrogen (secondary N) is 1. The molecule has 0 aromatic carbocycles. The highest BCUT2D eigenvalue weighted by molar-refractivity contribution is 5.86. The fourth-order valence-corrected chi connectivity index (χ4v) is 2.00. The quantitative estimate of drug-likeness (QED) is 0.788. The van der Waals surface area contributed by atoms with Gasteiger partial charge in [-0.15, -0.1) is 0 Å². The summed E-state index contributed by atoms with van der Waals surface area (Å²) in [5.41, 5.74) is 0. The summed E-state index contributed by atoms with van der Waals surface area (Å²) < 4.78 is 5.68. The van der Waals surface area contributed by atoms with Crippen molar-refractivity contribution in [2.45, 2.75) is 26.4 Å². The van der Waals surface area contributed by atoms with Gasteiger partial charge in [-0.1, -0.05) is 13.8 Å². The van der Waals surface area contributed by atoms with E-state index in [0.717, 1.165) is 45.1 Å². The molecule has 0 amide bonds. The summed E-state index contributed by atoms with van der Waals surface area (Å²) in [5, 5.41) is 3.35. The molecule has 1 N–H and O–H groups in total. The molecule has 0 spiro atoms. The average Bonchev–Trinajstić information content (AvgIpc) is 2.38. The number of hydrogen-bond acceptors (Lipinski definition) is 5. The maximum absolute atomic E-state index is 5.68. The molecule has 5 heteroatoms. The van der Waals surface area contributed by atoms with E-state index < -0.39 is 0 Å².